The zero-order valence-electron chi connectivity index (χ0n) is 17.8. The molecule has 3 heterocycles. The SMILES string of the molecule is C=CCn1c(Cc2cccs2)nnc1SCC(=O)Nc1sc2c(c1C#N)CCCCCC2. The van der Waals surface area contributed by atoms with Crippen molar-refractivity contribution in [2.45, 2.75) is 56.6 Å². The van der Waals surface area contributed by atoms with Gasteiger partial charge in [-0.15, -0.1) is 39.4 Å². The number of rotatable bonds is 8. The van der Waals surface area contributed by atoms with Crippen LogP contribution in [0.15, 0.2) is 35.3 Å². The molecule has 3 aromatic heterocycles. The van der Waals surface area contributed by atoms with Crippen LogP contribution in [0.1, 0.15) is 52.4 Å². The third-order valence-corrected chi connectivity index (χ3v) is 8.44. The van der Waals surface area contributed by atoms with Crippen LogP contribution in [0.3, 0.4) is 0 Å². The van der Waals surface area contributed by atoms with Gasteiger partial charge in [0.15, 0.2) is 5.16 Å². The number of nitrogens with zero attached hydrogens (tertiary/aromatic N) is 4. The molecule has 1 N–H and O–H groups in total. The second kappa shape index (κ2) is 10.9. The van der Waals surface area contributed by atoms with Gasteiger partial charge in [0.1, 0.15) is 16.9 Å². The van der Waals surface area contributed by atoms with Gasteiger partial charge in [0.25, 0.3) is 0 Å². The molecule has 9 heteroatoms. The van der Waals surface area contributed by atoms with Crippen LogP contribution in [0, 0.1) is 11.3 Å². The number of thiophene rings is 2. The Balaban J connectivity index is 1.43. The number of nitriles is 1. The summed E-state index contributed by atoms with van der Waals surface area (Å²) in [5.74, 6) is 0.940. The zero-order chi connectivity index (χ0) is 22.3. The quantitative estimate of drug-likeness (QED) is 0.341. The largest absolute Gasteiger partial charge is 0.316 e. The summed E-state index contributed by atoms with van der Waals surface area (Å²) in [6.45, 7) is 4.43. The Morgan fingerprint density at radius 2 is 2.16 bits per heavy atom. The number of hydrogen-bond donors (Lipinski definition) is 1. The first kappa shape index (κ1) is 22.8. The molecule has 3 aromatic rings. The maximum absolute atomic E-state index is 12.7. The van der Waals surface area contributed by atoms with Crippen LogP contribution in [0.5, 0.6) is 0 Å². The van der Waals surface area contributed by atoms with E-state index in [1.165, 1.54) is 34.4 Å². The van der Waals surface area contributed by atoms with Gasteiger partial charge in [0, 0.05) is 22.7 Å². The van der Waals surface area contributed by atoms with E-state index in [1.807, 2.05) is 22.1 Å². The molecule has 32 heavy (non-hydrogen) atoms. The summed E-state index contributed by atoms with van der Waals surface area (Å²) in [7, 11) is 0. The van der Waals surface area contributed by atoms with E-state index in [2.05, 4.69) is 34.2 Å². The smallest absolute Gasteiger partial charge is 0.235 e. The lowest BCUT2D eigenvalue weighted by atomic mass is 9.97. The first-order valence-electron chi connectivity index (χ1n) is 10.7. The molecule has 4 rings (SSSR count). The number of fused-ring (bicyclic) bond motifs is 1. The van der Waals surface area contributed by atoms with Crippen LogP contribution in [-0.2, 0) is 30.6 Å². The van der Waals surface area contributed by atoms with Gasteiger partial charge in [-0.1, -0.05) is 36.7 Å². The van der Waals surface area contributed by atoms with Crippen LogP contribution in [0.4, 0.5) is 5.00 Å². The number of hydrogen-bond acceptors (Lipinski definition) is 7. The maximum atomic E-state index is 12.7. The number of nitrogens with one attached hydrogen (secondary N) is 1. The van der Waals surface area contributed by atoms with Gasteiger partial charge in [-0.25, -0.2) is 0 Å². The van der Waals surface area contributed by atoms with Crippen LogP contribution >= 0.6 is 34.4 Å². The lowest BCUT2D eigenvalue weighted by Gasteiger charge is -2.08. The highest BCUT2D eigenvalue weighted by Gasteiger charge is 2.21. The molecule has 1 aliphatic rings. The van der Waals surface area contributed by atoms with E-state index in [0.29, 0.717) is 28.7 Å². The zero-order valence-corrected chi connectivity index (χ0v) is 20.3. The molecular weight excluding hydrogens is 458 g/mol. The first-order chi connectivity index (χ1) is 15.7. The number of aryl methyl sites for hydroxylation is 1. The summed E-state index contributed by atoms with van der Waals surface area (Å²) in [5, 5.41) is 24.8. The fourth-order valence-electron chi connectivity index (χ4n) is 3.86. The molecule has 0 unspecified atom stereocenters. The molecule has 0 saturated carbocycles. The average molecular weight is 484 g/mol. The van der Waals surface area contributed by atoms with Crippen molar-refractivity contribution in [3.05, 3.63) is 56.9 Å². The number of allylic oxidation sites excluding steroid dienone is 1. The molecule has 0 aromatic carbocycles. The maximum Gasteiger partial charge on any atom is 0.235 e. The Kier molecular flexibility index (Phi) is 7.79. The summed E-state index contributed by atoms with van der Waals surface area (Å²) in [4.78, 5) is 15.2. The van der Waals surface area contributed by atoms with Crippen LogP contribution in [0.25, 0.3) is 0 Å². The third kappa shape index (κ3) is 5.31. The summed E-state index contributed by atoms with van der Waals surface area (Å²) in [6.07, 6.45) is 9.13. The number of aromatic nitrogens is 3. The van der Waals surface area contributed by atoms with E-state index in [9.17, 15) is 10.1 Å². The molecule has 1 amide bonds. The van der Waals surface area contributed by atoms with Gasteiger partial charge < -0.3 is 9.88 Å². The number of amides is 1. The fourth-order valence-corrected chi connectivity index (χ4v) is 6.58. The lowest BCUT2D eigenvalue weighted by molar-refractivity contribution is -0.113. The van der Waals surface area contributed by atoms with Crippen molar-refractivity contribution in [2.24, 2.45) is 0 Å². The molecule has 0 atom stereocenters. The van der Waals surface area contributed by atoms with Crippen LogP contribution < -0.4 is 5.32 Å². The van der Waals surface area contributed by atoms with E-state index in [-0.39, 0.29) is 11.7 Å². The Hall–Kier alpha value is -2.41. The molecular formula is C23H25N5OS3. The van der Waals surface area contributed by atoms with Crippen molar-refractivity contribution >= 4 is 45.3 Å². The molecule has 0 radical (unpaired) electrons. The number of anilines is 1. The Labute approximate surface area is 200 Å². The van der Waals surface area contributed by atoms with Crippen molar-refractivity contribution in [1.29, 1.82) is 5.26 Å². The van der Waals surface area contributed by atoms with Crippen molar-refractivity contribution in [2.75, 3.05) is 11.1 Å². The molecule has 0 spiro atoms. The van der Waals surface area contributed by atoms with Gasteiger partial charge >= 0.3 is 0 Å². The number of carbonyl (C=O) groups is 1. The summed E-state index contributed by atoms with van der Waals surface area (Å²) >= 11 is 4.61. The summed E-state index contributed by atoms with van der Waals surface area (Å²) < 4.78 is 2.00. The second-order valence-corrected chi connectivity index (χ2v) is 10.7. The standard InChI is InChI=1S/C23H25N5OS3/c1-2-11-28-20(13-16-8-7-12-30-16)26-27-23(28)31-15-21(29)25-22-18(14-24)17-9-5-3-4-6-10-19(17)32-22/h2,7-8,12H,1,3-6,9-11,13,15H2,(H,25,29). The van der Waals surface area contributed by atoms with E-state index < -0.39 is 0 Å². The molecule has 1 aliphatic carbocycles. The Morgan fingerprint density at radius 3 is 2.91 bits per heavy atom. The van der Waals surface area contributed by atoms with Gasteiger partial charge in [0.05, 0.1) is 11.3 Å². The Morgan fingerprint density at radius 1 is 1.31 bits per heavy atom. The van der Waals surface area contributed by atoms with Crippen molar-refractivity contribution in [1.82, 2.24) is 14.8 Å². The predicted molar refractivity (Wildman–Crippen MR) is 132 cm³/mol. The molecule has 6 nitrogen and oxygen atoms in total. The second-order valence-electron chi connectivity index (χ2n) is 7.63. The average Bonchev–Trinajstić information content (AvgIpc) is 3.48. The van der Waals surface area contributed by atoms with Gasteiger partial charge in [-0.3, -0.25) is 4.79 Å². The van der Waals surface area contributed by atoms with Crippen molar-refractivity contribution < 1.29 is 4.79 Å². The third-order valence-electron chi connectivity index (χ3n) is 5.39. The minimum absolute atomic E-state index is 0.131. The normalized spacial score (nSPS) is 13.6. The summed E-state index contributed by atoms with van der Waals surface area (Å²) in [6, 6.07) is 6.44. The molecule has 0 aliphatic heterocycles. The van der Waals surface area contributed by atoms with E-state index >= 15 is 0 Å². The minimum Gasteiger partial charge on any atom is -0.316 e. The number of carbonyl (C=O) groups excluding carboxylic acids is 1. The summed E-state index contributed by atoms with van der Waals surface area (Å²) in [5.41, 5.74) is 1.79. The monoisotopic (exact) mass is 483 g/mol. The van der Waals surface area contributed by atoms with Gasteiger partial charge in [-0.2, -0.15) is 5.26 Å². The topological polar surface area (TPSA) is 83.6 Å². The van der Waals surface area contributed by atoms with Crippen molar-refractivity contribution in [3.63, 3.8) is 0 Å². The highest BCUT2D eigenvalue weighted by Crippen LogP contribution is 2.36. The first-order valence-corrected chi connectivity index (χ1v) is 13.4. The predicted octanol–water partition coefficient (Wildman–Crippen LogP) is 5.44. The number of thioether (sulfide) groups is 1. The molecule has 0 bridgehead atoms. The van der Waals surface area contributed by atoms with Crippen molar-refractivity contribution in [3.8, 4) is 6.07 Å². The highest BCUT2D eigenvalue weighted by molar-refractivity contribution is 7.99. The lowest BCUT2D eigenvalue weighted by Crippen LogP contribution is -2.15. The van der Waals surface area contributed by atoms with Crippen LogP contribution in [0.2, 0.25) is 0 Å². The van der Waals surface area contributed by atoms with E-state index in [4.69, 9.17) is 0 Å². The minimum atomic E-state index is -0.131. The highest BCUT2D eigenvalue weighted by atomic mass is 32.2. The van der Waals surface area contributed by atoms with Crippen LogP contribution in [-0.4, -0.2) is 26.4 Å². The molecule has 0 fully saturated rings. The molecule has 0 saturated heterocycles. The van der Waals surface area contributed by atoms with E-state index in [1.54, 1.807) is 22.7 Å². The molecule has 166 valence electrons. The van der Waals surface area contributed by atoms with Gasteiger partial charge in [0.2, 0.25) is 5.91 Å². The van der Waals surface area contributed by atoms with E-state index in [0.717, 1.165) is 37.1 Å². The van der Waals surface area contributed by atoms with Gasteiger partial charge in [-0.05, 0) is 42.7 Å². The Bertz CT molecular complexity index is 1120. The fraction of sp³-hybridized carbons (Fsp3) is 0.391.